The summed E-state index contributed by atoms with van der Waals surface area (Å²) in [5.74, 6) is 1.20. The van der Waals surface area contributed by atoms with E-state index in [4.69, 9.17) is 0 Å². The summed E-state index contributed by atoms with van der Waals surface area (Å²) in [6, 6.07) is 1.31. The quantitative estimate of drug-likeness (QED) is 0.890. The molecule has 4 heteroatoms. The Hall–Kier alpha value is -1.03. The normalized spacial score (nSPS) is 25.8. The molecule has 1 N–H and O–H groups in total. The molecule has 1 aromatic rings. The lowest BCUT2D eigenvalue weighted by Gasteiger charge is -2.34. The Morgan fingerprint density at radius 1 is 1.22 bits per heavy atom. The molecule has 0 radical (unpaired) electrons. The van der Waals surface area contributed by atoms with Crippen molar-refractivity contribution in [2.75, 3.05) is 25.0 Å². The first-order valence-corrected chi connectivity index (χ1v) is 7.33. The van der Waals surface area contributed by atoms with E-state index in [0.717, 1.165) is 13.1 Å². The molecule has 2 fully saturated rings. The van der Waals surface area contributed by atoms with E-state index in [1.54, 1.807) is 0 Å². The van der Waals surface area contributed by atoms with E-state index in [9.17, 15) is 0 Å². The van der Waals surface area contributed by atoms with Gasteiger partial charge in [0.15, 0.2) is 0 Å². The van der Waals surface area contributed by atoms with Crippen molar-refractivity contribution in [2.45, 2.75) is 50.6 Å². The molecular weight excluding hydrogens is 224 g/mol. The van der Waals surface area contributed by atoms with Crippen LogP contribution in [0.5, 0.6) is 0 Å². The maximum absolute atomic E-state index is 4.61. The van der Waals surface area contributed by atoms with Gasteiger partial charge in [0.1, 0.15) is 0 Å². The second-order valence-electron chi connectivity index (χ2n) is 5.65. The van der Waals surface area contributed by atoms with Crippen LogP contribution in [0, 0.1) is 0 Å². The standard InChI is InChI=1S/C14H24N4/c1-15-12-5-4-9-17(11-12)14-16-8-10-18(14)13-6-2-3-7-13/h8,10,12-13,15H,2-7,9,11H2,1H3. The predicted octanol–water partition coefficient (Wildman–Crippen LogP) is 2.19. The molecule has 1 unspecified atom stereocenters. The zero-order valence-corrected chi connectivity index (χ0v) is 11.3. The van der Waals surface area contributed by atoms with Crippen LogP contribution in [0.15, 0.2) is 12.4 Å². The molecule has 1 aliphatic carbocycles. The molecule has 2 heterocycles. The molecule has 0 spiro atoms. The van der Waals surface area contributed by atoms with E-state index >= 15 is 0 Å². The lowest BCUT2D eigenvalue weighted by atomic mass is 10.1. The zero-order valence-electron chi connectivity index (χ0n) is 11.3. The predicted molar refractivity (Wildman–Crippen MR) is 74.0 cm³/mol. The van der Waals surface area contributed by atoms with Crippen LogP contribution in [0.2, 0.25) is 0 Å². The van der Waals surface area contributed by atoms with E-state index in [1.165, 1.54) is 44.5 Å². The molecule has 0 aromatic carbocycles. The van der Waals surface area contributed by atoms with Crippen LogP contribution in [0.4, 0.5) is 5.95 Å². The monoisotopic (exact) mass is 248 g/mol. The third-order valence-corrected chi connectivity index (χ3v) is 4.48. The summed E-state index contributed by atoms with van der Waals surface area (Å²) >= 11 is 0. The number of nitrogens with zero attached hydrogens (tertiary/aromatic N) is 3. The van der Waals surface area contributed by atoms with Crippen LogP contribution in [0.25, 0.3) is 0 Å². The van der Waals surface area contributed by atoms with Crippen molar-refractivity contribution >= 4 is 5.95 Å². The van der Waals surface area contributed by atoms with Crippen LogP contribution in [0.3, 0.4) is 0 Å². The van der Waals surface area contributed by atoms with E-state index in [-0.39, 0.29) is 0 Å². The van der Waals surface area contributed by atoms with Gasteiger partial charge < -0.3 is 14.8 Å². The van der Waals surface area contributed by atoms with Crippen LogP contribution in [-0.4, -0.2) is 35.7 Å². The highest BCUT2D eigenvalue weighted by Crippen LogP contribution is 2.33. The number of hydrogen-bond acceptors (Lipinski definition) is 3. The molecule has 100 valence electrons. The van der Waals surface area contributed by atoms with Gasteiger partial charge in [-0.3, -0.25) is 0 Å². The first-order valence-electron chi connectivity index (χ1n) is 7.33. The summed E-state index contributed by atoms with van der Waals surface area (Å²) < 4.78 is 2.42. The second kappa shape index (κ2) is 5.31. The Bertz CT molecular complexity index is 381. The third kappa shape index (κ3) is 2.26. The Labute approximate surface area is 109 Å². The highest BCUT2D eigenvalue weighted by atomic mass is 15.3. The van der Waals surface area contributed by atoms with E-state index < -0.39 is 0 Å². The number of aromatic nitrogens is 2. The largest absolute Gasteiger partial charge is 0.341 e. The minimum absolute atomic E-state index is 0.618. The third-order valence-electron chi connectivity index (χ3n) is 4.48. The van der Waals surface area contributed by atoms with Gasteiger partial charge in [0, 0.05) is 37.6 Å². The Balaban J connectivity index is 1.77. The molecule has 0 amide bonds. The minimum atomic E-state index is 0.618. The van der Waals surface area contributed by atoms with Crippen LogP contribution in [0.1, 0.15) is 44.6 Å². The second-order valence-corrected chi connectivity index (χ2v) is 5.65. The summed E-state index contributed by atoms with van der Waals surface area (Å²) in [4.78, 5) is 7.08. The van der Waals surface area contributed by atoms with Gasteiger partial charge in [-0.05, 0) is 32.7 Å². The summed E-state index contributed by atoms with van der Waals surface area (Å²) in [6.45, 7) is 2.25. The van der Waals surface area contributed by atoms with Crippen LogP contribution >= 0.6 is 0 Å². The van der Waals surface area contributed by atoms with Crippen LogP contribution < -0.4 is 10.2 Å². The van der Waals surface area contributed by atoms with Gasteiger partial charge in [0.05, 0.1) is 0 Å². The lowest BCUT2D eigenvalue weighted by molar-refractivity contribution is 0.432. The van der Waals surface area contributed by atoms with Crippen molar-refractivity contribution in [1.82, 2.24) is 14.9 Å². The van der Waals surface area contributed by atoms with Gasteiger partial charge in [0.25, 0.3) is 0 Å². The number of nitrogens with one attached hydrogen (secondary N) is 1. The number of hydrogen-bond donors (Lipinski definition) is 1. The summed E-state index contributed by atoms with van der Waals surface area (Å²) in [5.41, 5.74) is 0. The molecule has 2 aliphatic rings. The molecule has 4 nitrogen and oxygen atoms in total. The van der Waals surface area contributed by atoms with Crippen molar-refractivity contribution in [3.8, 4) is 0 Å². The van der Waals surface area contributed by atoms with E-state index in [2.05, 4.69) is 33.0 Å². The molecule has 18 heavy (non-hydrogen) atoms. The lowest BCUT2D eigenvalue weighted by Crippen LogP contribution is -2.45. The molecule has 0 bridgehead atoms. The first kappa shape index (κ1) is 12.0. The molecule has 3 rings (SSSR count). The summed E-state index contributed by atoms with van der Waals surface area (Å²) in [5, 5.41) is 3.41. The van der Waals surface area contributed by atoms with Crippen molar-refractivity contribution in [3.63, 3.8) is 0 Å². The number of imidazole rings is 1. The molecule has 1 saturated heterocycles. The fraction of sp³-hybridized carbons (Fsp3) is 0.786. The Morgan fingerprint density at radius 2 is 2.06 bits per heavy atom. The highest BCUT2D eigenvalue weighted by Gasteiger charge is 2.25. The molecule has 1 aromatic heterocycles. The van der Waals surface area contributed by atoms with Gasteiger partial charge in [-0.2, -0.15) is 0 Å². The minimum Gasteiger partial charge on any atom is -0.341 e. The maximum atomic E-state index is 4.61. The maximum Gasteiger partial charge on any atom is 0.205 e. The average Bonchev–Trinajstić information content (AvgIpc) is 3.09. The molecule has 1 saturated carbocycles. The fourth-order valence-electron chi connectivity index (χ4n) is 3.41. The Kier molecular flexibility index (Phi) is 3.55. The Morgan fingerprint density at radius 3 is 2.83 bits per heavy atom. The number of likely N-dealkylation sites (N-methyl/N-ethyl adjacent to an activating group) is 1. The highest BCUT2D eigenvalue weighted by molar-refractivity contribution is 5.33. The number of piperidine rings is 1. The van der Waals surface area contributed by atoms with E-state index in [1.807, 2.05) is 6.20 Å². The van der Waals surface area contributed by atoms with Gasteiger partial charge in [-0.15, -0.1) is 0 Å². The smallest absolute Gasteiger partial charge is 0.205 e. The van der Waals surface area contributed by atoms with Crippen molar-refractivity contribution < 1.29 is 0 Å². The van der Waals surface area contributed by atoms with Gasteiger partial charge in [-0.25, -0.2) is 4.98 Å². The molecular formula is C14H24N4. The SMILES string of the molecule is CNC1CCCN(c2nccn2C2CCCC2)C1. The fourth-order valence-corrected chi connectivity index (χ4v) is 3.41. The van der Waals surface area contributed by atoms with Crippen LogP contribution in [-0.2, 0) is 0 Å². The molecule has 1 atom stereocenters. The van der Waals surface area contributed by atoms with Gasteiger partial charge in [0.2, 0.25) is 5.95 Å². The van der Waals surface area contributed by atoms with Crippen molar-refractivity contribution in [1.29, 1.82) is 0 Å². The number of rotatable bonds is 3. The van der Waals surface area contributed by atoms with Gasteiger partial charge in [-0.1, -0.05) is 12.8 Å². The topological polar surface area (TPSA) is 33.1 Å². The summed E-state index contributed by atoms with van der Waals surface area (Å²) in [6.07, 6.45) is 12.1. The van der Waals surface area contributed by atoms with Gasteiger partial charge >= 0.3 is 0 Å². The van der Waals surface area contributed by atoms with Crippen molar-refractivity contribution in [3.05, 3.63) is 12.4 Å². The zero-order chi connectivity index (χ0) is 12.4. The number of anilines is 1. The summed E-state index contributed by atoms with van der Waals surface area (Å²) in [7, 11) is 2.07. The average molecular weight is 248 g/mol. The van der Waals surface area contributed by atoms with E-state index in [0.29, 0.717) is 12.1 Å². The molecule has 1 aliphatic heterocycles. The first-order chi connectivity index (χ1) is 8.88. The van der Waals surface area contributed by atoms with Crippen molar-refractivity contribution in [2.24, 2.45) is 0 Å².